The van der Waals surface area contributed by atoms with E-state index in [0.29, 0.717) is 0 Å². The van der Waals surface area contributed by atoms with Crippen molar-refractivity contribution in [3.8, 4) is 0 Å². The Bertz CT molecular complexity index is 335. The lowest BCUT2D eigenvalue weighted by Gasteiger charge is -2.33. The SMILES string of the molecule is CNc1ccccc1CC1CCCCN1C. The molecule has 0 amide bonds. The smallest absolute Gasteiger partial charge is 0.0370 e. The predicted octanol–water partition coefficient (Wildman–Crippen LogP) is 2.76. The quantitative estimate of drug-likeness (QED) is 0.839. The number of rotatable bonds is 3. The van der Waals surface area contributed by atoms with Crippen LogP contribution in [0.5, 0.6) is 0 Å². The van der Waals surface area contributed by atoms with Crippen LogP contribution in [0.2, 0.25) is 0 Å². The first kappa shape index (κ1) is 11.5. The summed E-state index contributed by atoms with van der Waals surface area (Å²) in [7, 11) is 4.26. The molecule has 2 nitrogen and oxygen atoms in total. The summed E-state index contributed by atoms with van der Waals surface area (Å²) in [6.45, 7) is 1.26. The van der Waals surface area contributed by atoms with E-state index in [2.05, 4.69) is 41.5 Å². The number of anilines is 1. The maximum atomic E-state index is 3.28. The van der Waals surface area contributed by atoms with Crippen LogP contribution in [-0.2, 0) is 6.42 Å². The van der Waals surface area contributed by atoms with Crippen molar-refractivity contribution in [2.75, 3.05) is 26.0 Å². The van der Waals surface area contributed by atoms with Crippen LogP contribution in [0.4, 0.5) is 5.69 Å². The molecule has 0 saturated carbocycles. The van der Waals surface area contributed by atoms with Crippen molar-refractivity contribution in [1.82, 2.24) is 4.90 Å². The van der Waals surface area contributed by atoms with Gasteiger partial charge in [0, 0.05) is 18.8 Å². The van der Waals surface area contributed by atoms with E-state index in [0.717, 1.165) is 6.04 Å². The molecule has 0 aromatic heterocycles. The van der Waals surface area contributed by atoms with E-state index < -0.39 is 0 Å². The van der Waals surface area contributed by atoms with E-state index in [1.165, 1.54) is 43.5 Å². The highest BCUT2D eigenvalue weighted by atomic mass is 15.1. The highest BCUT2D eigenvalue weighted by Gasteiger charge is 2.19. The Labute approximate surface area is 98.7 Å². The van der Waals surface area contributed by atoms with Crippen molar-refractivity contribution in [2.45, 2.75) is 31.7 Å². The standard InChI is InChI=1S/C14H22N2/c1-15-14-9-4-3-7-12(14)11-13-8-5-6-10-16(13)2/h3-4,7,9,13,15H,5-6,8,10-11H2,1-2H3. The van der Waals surface area contributed by atoms with Gasteiger partial charge in [-0.3, -0.25) is 0 Å². The summed E-state index contributed by atoms with van der Waals surface area (Å²) in [4.78, 5) is 2.51. The van der Waals surface area contributed by atoms with Crippen molar-refractivity contribution in [3.05, 3.63) is 29.8 Å². The van der Waals surface area contributed by atoms with Crippen molar-refractivity contribution < 1.29 is 0 Å². The summed E-state index contributed by atoms with van der Waals surface area (Å²) in [5.41, 5.74) is 2.73. The Hall–Kier alpha value is -1.02. The molecule has 1 N–H and O–H groups in total. The summed E-state index contributed by atoms with van der Waals surface area (Å²) in [6, 6.07) is 9.37. The van der Waals surface area contributed by atoms with E-state index in [1.54, 1.807) is 0 Å². The summed E-state index contributed by atoms with van der Waals surface area (Å²) >= 11 is 0. The lowest BCUT2D eigenvalue weighted by molar-refractivity contribution is 0.185. The fourth-order valence-corrected chi connectivity index (χ4v) is 2.60. The second-order valence-electron chi connectivity index (χ2n) is 4.74. The normalized spacial score (nSPS) is 22.0. The summed E-state index contributed by atoms with van der Waals surface area (Å²) in [5.74, 6) is 0. The molecule has 1 saturated heterocycles. The third-order valence-corrected chi connectivity index (χ3v) is 3.66. The number of para-hydroxylation sites is 1. The minimum atomic E-state index is 0.725. The topological polar surface area (TPSA) is 15.3 Å². The van der Waals surface area contributed by atoms with Crippen LogP contribution in [0.15, 0.2) is 24.3 Å². The maximum Gasteiger partial charge on any atom is 0.0370 e. The molecule has 88 valence electrons. The fourth-order valence-electron chi connectivity index (χ4n) is 2.60. The van der Waals surface area contributed by atoms with Gasteiger partial charge in [-0.15, -0.1) is 0 Å². The molecule has 0 aliphatic carbocycles. The van der Waals surface area contributed by atoms with Gasteiger partial charge in [0.05, 0.1) is 0 Å². The third kappa shape index (κ3) is 2.56. The van der Waals surface area contributed by atoms with Gasteiger partial charge in [-0.25, -0.2) is 0 Å². The average Bonchev–Trinajstić information content (AvgIpc) is 2.33. The molecule has 0 spiro atoms. The molecule has 16 heavy (non-hydrogen) atoms. The van der Waals surface area contributed by atoms with Crippen molar-refractivity contribution in [3.63, 3.8) is 0 Å². The molecule has 1 aliphatic heterocycles. The monoisotopic (exact) mass is 218 g/mol. The number of likely N-dealkylation sites (tertiary alicyclic amines) is 1. The zero-order valence-electron chi connectivity index (χ0n) is 10.4. The molecule has 0 radical (unpaired) electrons. The molecule has 2 heteroatoms. The van der Waals surface area contributed by atoms with Gasteiger partial charge in [-0.2, -0.15) is 0 Å². The second kappa shape index (κ2) is 5.35. The number of nitrogens with one attached hydrogen (secondary N) is 1. The molecule has 1 atom stereocenters. The van der Waals surface area contributed by atoms with Crippen molar-refractivity contribution in [1.29, 1.82) is 0 Å². The molecule has 1 unspecified atom stereocenters. The number of piperidine rings is 1. The average molecular weight is 218 g/mol. The number of nitrogens with zero attached hydrogens (tertiary/aromatic N) is 1. The Morgan fingerprint density at radius 2 is 2.12 bits per heavy atom. The van der Waals surface area contributed by atoms with Gasteiger partial charge in [-0.05, 0) is 44.5 Å². The van der Waals surface area contributed by atoms with Crippen LogP contribution in [0, 0.1) is 0 Å². The molecule has 1 aromatic carbocycles. The van der Waals surface area contributed by atoms with Crippen LogP contribution < -0.4 is 5.32 Å². The predicted molar refractivity (Wildman–Crippen MR) is 70.0 cm³/mol. The first-order chi connectivity index (χ1) is 7.81. The van der Waals surface area contributed by atoms with E-state index in [9.17, 15) is 0 Å². The van der Waals surface area contributed by atoms with Gasteiger partial charge in [0.25, 0.3) is 0 Å². The van der Waals surface area contributed by atoms with E-state index in [4.69, 9.17) is 0 Å². The van der Waals surface area contributed by atoms with Gasteiger partial charge in [0.1, 0.15) is 0 Å². The first-order valence-corrected chi connectivity index (χ1v) is 6.27. The number of likely N-dealkylation sites (N-methyl/N-ethyl adjacent to an activating group) is 1. The zero-order valence-corrected chi connectivity index (χ0v) is 10.4. The Morgan fingerprint density at radius 3 is 2.88 bits per heavy atom. The van der Waals surface area contributed by atoms with Gasteiger partial charge in [-0.1, -0.05) is 24.6 Å². The number of hydrogen-bond donors (Lipinski definition) is 1. The third-order valence-electron chi connectivity index (χ3n) is 3.66. The summed E-state index contributed by atoms with van der Waals surface area (Å²) < 4.78 is 0. The summed E-state index contributed by atoms with van der Waals surface area (Å²) in [5, 5.41) is 3.28. The number of benzene rings is 1. The molecule has 0 bridgehead atoms. The largest absolute Gasteiger partial charge is 0.388 e. The minimum absolute atomic E-state index is 0.725. The molecule has 1 heterocycles. The number of hydrogen-bond acceptors (Lipinski definition) is 2. The van der Waals surface area contributed by atoms with E-state index in [1.807, 2.05) is 7.05 Å². The lowest BCUT2D eigenvalue weighted by Crippen LogP contribution is -2.37. The zero-order chi connectivity index (χ0) is 11.4. The molecule has 1 aromatic rings. The Morgan fingerprint density at radius 1 is 1.31 bits per heavy atom. The summed E-state index contributed by atoms with van der Waals surface area (Å²) in [6.07, 6.45) is 5.26. The fraction of sp³-hybridized carbons (Fsp3) is 0.571. The second-order valence-corrected chi connectivity index (χ2v) is 4.74. The highest BCUT2D eigenvalue weighted by Crippen LogP contribution is 2.22. The van der Waals surface area contributed by atoms with E-state index in [-0.39, 0.29) is 0 Å². The van der Waals surface area contributed by atoms with Crippen molar-refractivity contribution in [2.24, 2.45) is 0 Å². The van der Waals surface area contributed by atoms with Gasteiger partial charge in [0.2, 0.25) is 0 Å². The van der Waals surface area contributed by atoms with Crippen LogP contribution in [-0.4, -0.2) is 31.6 Å². The Balaban J connectivity index is 2.07. The van der Waals surface area contributed by atoms with Crippen molar-refractivity contribution >= 4 is 5.69 Å². The van der Waals surface area contributed by atoms with Crippen LogP contribution in [0.25, 0.3) is 0 Å². The first-order valence-electron chi connectivity index (χ1n) is 6.27. The maximum absolute atomic E-state index is 3.28. The van der Waals surface area contributed by atoms with Crippen LogP contribution in [0.3, 0.4) is 0 Å². The van der Waals surface area contributed by atoms with Gasteiger partial charge in [0.15, 0.2) is 0 Å². The molecular formula is C14H22N2. The van der Waals surface area contributed by atoms with Gasteiger partial charge >= 0.3 is 0 Å². The molecule has 1 aliphatic rings. The van der Waals surface area contributed by atoms with E-state index >= 15 is 0 Å². The highest BCUT2D eigenvalue weighted by molar-refractivity contribution is 5.50. The molecule has 2 rings (SSSR count). The van der Waals surface area contributed by atoms with Gasteiger partial charge < -0.3 is 10.2 Å². The Kier molecular flexibility index (Phi) is 3.83. The van der Waals surface area contributed by atoms with Crippen LogP contribution >= 0.6 is 0 Å². The molecule has 1 fully saturated rings. The minimum Gasteiger partial charge on any atom is -0.388 e. The lowest BCUT2D eigenvalue weighted by atomic mass is 9.95. The molecular weight excluding hydrogens is 196 g/mol. The van der Waals surface area contributed by atoms with Crippen LogP contribution in [0.1, 0.15) is 24.8 Å².